The second kappa shape index (κ2) is 4.99. The zero-order valence-corrected chi connectivity index (χ0v) is 9.65. The standard InChI is InChI=1S/C7H10N2S3/c1-10-5-4-8-9-7(12-3)6(5)11-2/h4H,1-3H3. The van der Waals surface area contributed by atoms with Crippen molar-refractivity contribution in [1.29, 1.82) is 0 Å². The number of nitrogens with zero attached hydrogens (tertiary/aromatic N) is 2. The molecule has 0 atom stereocenters. The highest BCUT2D eigenvalue weighted by atomic mass is 32.2. The van der Waals surface area contributed by atoms with E-state index in [-0.39, 0.29) is 0 Å². The van der Waals surface area contributed by atoms with Crippen molar-refractivity contribution in [1.82, 2.24) is 10.2 Å². The molecule has 0 saturated carbocycles. The maximum absolute atomic E-state index is 4.06. The Morgan fingerprint density at radius 3 is 2.33 bits per heavy atom. The third kappa shape index (κ3) is 2.08. The fourth-order valence-electron chi connectivity index (χ4n) is 0.810. The molecule has 1 aromatic rings. The molecule has 0 fully saturated rings. The predicted molar refractivity (Wildman–Crippen MR) is 57.4 cm³/mol. The SMILES string of the molecule is CSc1cnnc(SC)c1SC. The number of thioether (sulfide) groups is 3. The Balaban J connectivity index is 3.13. The number of hydrogen-bond donors (Lipinski definition) is 0. The molecule has 66 valence electrons. The molecule has 1 rings (SSSR count). The molecule has 0 radical (unpaired) electrons. The zero-order valence-electron chi connectivity index (χ0n) is 7.20. The maximum Gasteiger partial charge on any atom is 0.133 e. The molecule has 0 N–H and O–H groups in total. The quantitative estimate of drug-likeness (QED) is 0.727. The minimum absolute atomic E-state index is 1.02. The van der Waals surface area contributed by atoms with Crippen molar-refractivity contribution in [3.8, 4) is 0 Å². The second-order valence-electron chi connectivity index (χ2n) is 1.96. The number of hydrogen-bond acceptors (Lipinski definition) is 5. The fraction of sp³-hybridized carbons (Fsp3) is 0.429. The molecule has 2 nitrogen and oxygen atoms in total. The van der Waals surface area contributed by atoms with Gasteiger partial charge < -0.3 is 0 Å². The summed E-state index contributed by atoms with van der Waals surface area (Å²) in [6.07, 6.45) is 7.96. The molecule has 0 aromatic carbocycles. The highest BCUT2D eigenvalue weighted by Gasteiger charge is 2.07. The summed E-state index contributed by atoms with van der Waals surface area (Å²) in [6, 6.07) is 0. The Labute approximate surface area is 85.3 Å². The Morgan fingerprint density at radius 1 is 1.08 bits per heavy atom. The van der Waals surface area contributed by atoms with E-state index < -0.39 is 0 Å². The Bertz CT molecular complexity index is 243. The normalized spacial score (nSPS) is 10.2. The third-order valence-corrected chi connectivity index (χ3v) is 3.86. The summed E-state index contributed by atoms with van der Waals surface area (Å²) < 4.78 is 0. The van der Waals surface area contributed by atoms with E-state index in [2.05, 4.69) is 22.7 Å². The van der Waals surface area contributed by atoms with Crippen LogP contribution >= 0.6 is 35.3 Å². The molecular formula is C7H10N2S3. The van der Waals surface area contributed by atoms with Gasteiger partial charge in [-0.25, -0.2) is 0 Å². The molecular weight excluding hydrogens is 208 g/mol. The lowest BCUT2D eigenvalue weighted by molar-refractivity contribution is 0.835. The van der Waals surface area contributed by atoms with Crippen LogP contribution in [-0.4, -0.2) is 29.0 Å². The Kier molecular flexibility index (Phi) is 4.25. The molecule has 0 aliphatic carbocycles. The largest absolute Gasteiger partial charge is 0.157 e. The Hall–Kier alpha value is 0.130. The Morgan fingerprint density at radius 2 is 1.83 bits per heavy atom. The van der Waals surface area contributed by atoms with Crippen LogP contribution in [0, 0.1) is 0 Å². The van der Waals surface area contributed by atoms with E-state index in [1.807, 2.05) is 12.5 Å². The van der Waals surface area contributed by atoms with Crippen molar-refractivity contribution in [3.63, 3.8) is 0 Å². The van der Waals surface area contributed by atoms with Crippen LogP contribution in [0.25, 0.3) is 0 Å². The van der Waals surface area contributed by atoms with Crippen LogP contribution in [0.4, 0.5) is 0 Å². The van der Waals surface area contributed by atoms with E-state index in [4.69, 9.17) is 0 Å². The van der Waals surface area contributed by atoms with E-state index in [1.165, 1.54) is 9.79 Å². The van der Waals surface area contributed by atoms with Crippen molar-refractivity contribution in [3.05, 3.63) is 6.20 Å². The summed E-state index contributed by atoms with van der Waals surface area (Å²) >= 11 is 5.08. The first kappa shape index (κ1) is 10.2. The smallest absolute Gasteiger partial charge is 0.133 e. The van der Waals surface area contributed by atoms with Crippen LogP contribution in [0.15, 0.2) is 21.0 Å². The van der Waals surface area contributed by atoms with Gasteiger partial charge in [0, 0.05) is 4.90 Å². The molecule has 0 saturated heterocycles. The second-order valence-corrected chi connectivity index (χ2v) is 4.41. The minimum Gasteiger partial charge on any atom is -0.157 e. The average Bonchev–Trinajstić information content (AvgIpc) is 2.16. The molecule has 0 bridgehead atoms. The molecule has 5 heteroatoms. The highest BCUT2D eigenvalue weighted by Crippen LogP contribution is 2.33. The van der Waals surface area contributed by atoms with Crippen molar-refractivity contribution < 1.29 is 0 Å². The van der Waals surface area contributed by atoms with Crippen LogP contribution in [0.5, 0.6) is 0 Å². The maximum atomic E-state index is 4.06. The molecule has 1 aromatic heterocycles. The summed E-state index contributed by atoms with van der Waals surface area (Å²) in [5.41, 5.74) is 0. The van der Waals surface area contributed by atoms with Crippen molar-refractivity contribution in [2.75, 3.05) is 18.8 Å². The third-order valence-electron chi connectivity index (χ3n) is 1.36. The first-order valence-electron chi connectivity index (χ1n) is 3.31. The summed E-state index contributed by atoms with van der Waals surface area (Å²) in [6.45, 7) is 0. The van der Waals surface area contributed by atoms with Crippen LogP contribution < -0.4 is 0 Å². The first-order chi connectivity index (χ1) is 5.83. The van der Waals surface area contributed by atoms with Crippen LogP contribution in [-0.2, 0) is 0 Å². The molecule has 0 aliphatic heterocycles. The van der Waals surface area contributed by atoms with Gasteiger partial charge in [0.05, 0.1) is 11.1 Å². The lowest BCUT2D eigenvalue weighted by atomic mass is 10.6. The van der Waals surface area contributed by atoms with Gasteiger partial charge in [-0.2, -0.15) is 5.10 Å². The summed E-state index contributed by atoms with van der Waals surface area (Å²) in [4.78, 5) is 2.45. The van der Waals surface area contributed by atoms with Crippen molar-refractivity contribution in [2.24, 2.45) is 0 Å². The van der Waals surface area contributed by atoms with Crippen molar-refractivity contribution >= 4 is 35.3 Å². The minimum atomic E-state index is 1.02. The van der Waals surface area contributed by atoms with Crippen LogP contribution in [0.3, 0.4) is 0 Å². The summed E-state index contributed by atoms with van der Waals surface area (Å²) in [5, 5.41) is 9.01. The molecule has 1 heterocycles. The summed E-state index contributed by atoms with van der Waals surface area (Å²) in [5.74, 6) is 0. The topological polar surface area (TPSA) is 25.8 Å². The molecule has 0 spiro atoms. The van der Waals surface area contributed by atoms with Gasteiger partial charge in [0.1, 0.15) is 5.03 Å². The van der Waals surface area contributed by atoms with Crippen molar-refractivity contribution in [2.45, 2.75) is 14.8 Å². The fourth-order valence-corrected chi connectivity index (χ4v) is 3.20. The van der Waals surface area contributed by atoms with Gasteiger partial charge in [-0.15, -0.1) is 40.4 Å². The monoisotopic (exact) mass is 218 g/mol. The van der Waals surface area contributed by atoms with Crippen LogP contribution in [0.1, 0.15) is 0 Å². The highest BCUT2D eigenvalue weighted by molar-refractivity contribution is 8.03. The van der Waals surface area contributed by atoms with Gasteiger partial charge >= 0.3 is 0 Å². The van der Waals surface area contributed by atoms with E-state index in [9.17, 15) is 0 Å². The first-order valence-corrected chi connectivity index (χ1v) is 6.98. The number of aromatic nitrogens is 2. The van der Waals surface area contributed by atoms with Crippen LogP contribution in [0.2, 0.25) is 0 Å². The van der Waals surface area contributed by atoms with Gasteiger partial charge in [-0.3, -0.25) is 0 Å². The van der Waals surface area contributed by atoms with Gasteiger partial charge in [0.2, 0.25) is 0 Å². The predicted octanol–water partition coefficient (Wildman–Crippen LogP) is 2.64. The van der Waals surface area contributed by atoms with E-state index in [0.29, 0.717) is 0 Å². The molecule has 0 unspecified atom stereocenters. The zero-order chi connectivity index (χ0) is 8.97. The van der Waals surface area contributed by atoms with E-state index in [1.54, 1.807) is 35.3 Å². The van der Waals surface area contributed by atoms with E-state index in [0.717, 1.165) is 5.03 Å². The van der Waals surface area contributed by atoms with E-state index >= 15 is 0 Å². The molecule has 0 amide bonds. The summed E-state index contributed by atoms with van der Waals surface area (Å²) in [7, 11) is 0. The molecule has 12 heavy (non-hydrogen) atoms. The average molecular weight is 218 g/mol. The van der Waals surface area contributed by atoms with Gasteiger partial charge in [-0.1, -0.05) is 0 Å². The molecule has 0 aliphatic rings. The van der Waals surface area contributed by atoms with Gasteiger partial charge in [-0.05, 0) is 18.8 Å². The van der Waals surface area contributed by atoms with Gasteiger partial charge in [0.15, 0.2) is 0 Å². The lowest BCUT2D eigenvalue weighted by Crippen LogP contribution is -1.89. The lowest BCUT2D eigenvalue weighted by Gasteiger charge is -2.05. The van der Waals surface area contributed by atoms with Gasteiger partial charge in [0.25, 0.3) is 0 Å². The number of rotatable bonds is 3.